The summed E-state index contributed by atoms with van der Waals surface area (Å²) >= 11 is 3.52. The first-order valence-corrected chi connectivity index (χ1v) is 9.16. The standard InChI is InChI=1S/C20H18BrF2NO2/c1-25-17-7-10(6-15(21)20(17)26-2)18-13-5-3-4-12(13)14-8-11(22)9-16(23)19(14)24-18/h3-4,6-9,12-13,18,24H,5H2,1-2H3/t12-,13-,18-/m0/s1. The number of allylic oxidation sites excluding steroid dienone is 2. The lowest BCUT2D eigenvalue weighted by atomic mass is 9.77. The van der Waals surface area contributed by atoms with Gasteiger partial charge in [-0.1, -0.05) is 12.2 Å². The van der Waals surface area contributed by atoms with Crippen LogP contribution in [-0.2, 0) is 0 Å². The summed E-state index contributed by atoms with van der Waals surface area (Å²) in [6.07, 6.45) is 4.97. The van der Waals surface area contributed by atoms with Gasteiger partial charge in [0.1, 0.15) is 11.6 Å². The fourth-order valence-corrected chi connectivity index (χ4v) is 4.69. The highest BCUT2D eigenvalue weighted by atomic mass is 79.9. The van der Waals surface area contributed by atoms with Crippen LogP contribution >= 0.6 is 15.9 Å². The van der Waals surface area contributed by atoms with E-state index in [-0.39, 0.29) is 17.9 Å². The van der Waals surface area contributed by atoms with E-state index in [2.05, 4.69) is 27.3 Å². The van der Waals surface area contributed by atoms with Gasteiger partial charge >= 0.3 is 0 Å². The Balaban J connectivity index is 1.82. The Morgan fingerprint density at radius 3 is 2.65 bits per heavy atom. The quantitative estimate of drug-likeness (QED) is 0.656. The van der Waals surface area contributed by atoms with E-state index in [4.69, 9.17) is 9.47 Å². The number of ether oxygens (including phenoxy) is 2. The highest BCUT2D eigenvalue weighted by Gasteiger charge is 2.39. The van der Waals surface area contributed by atoms with E-state index in [0.717, 1.165) is 22.5 Å². The molecule has 3 atom stereocenters. The number of hydrogen-bond donors (Lipinski definition) is 1. The number of hydrogen-bond acceptors (Lipinski definition) is 3. The predicted octanol–water partition coefficient (Wildman–Crippen LogP) is 5.57. The van der Waals surface area contributed by atoms with Crippen molar-refractivity contribution >= 4 is 21.6 Å². The number of fused-ring (bicyclic) bond motifs is 3. The summed E-state index contributed by atoms with van der Waals surface area (Å²) in [6, 6.07) is 6.09. The molecule has 0 radical (unpaired) electrons. The lowest BCUT2D eigenvalue weighted by Gasteiger charge is -2.38. The fraction of sp³-hybridized carbons (Fsp3) is 0.300. The molecule has 0 saturated carbocycles. The van der Waals surface area contributed by atoms with Crippen molar-refractivity contribution in [1.29, 1.82) is 0 Å². The minimum Gasteiger partial charge on any atom is -0.493 e. The monoisotopic (exact) mass is 421 g/mol. The topological polar surface area (TPSA) is 30.5 Å². The van der Waals surface area contributed by atoms with Gasteiger partial charge in [-0.15, -0.1) is 0 Å². The first-order valence-electron chi connectivity index (χ1n) is 8.37. The molecule has 1 aliphatic heterocycles. The van der Waals surface area contributed by atoms with Crippen molar-refractivity contribution in [3.63, 3.8) is 0 Å². The largest absolute Gasteiger partial charge is 0.493 e. The normalized spacial score (nSPS) is 23.2. The Hall–Kier alpha value is -2.08. The maximum atomic E-state index is 14.4. The van der Waals surface area contributed by atoms with Crippen molar-refractivity contribution in [3.05, 3.63) is 63.7 Å². The Morgan fingerprint density at radius 2 is 1.92 bits per heavy atom. The van der Waals surface area contributed by atoms with Gasteiger partial charge < -0.3 is 14.8 Å². The van der Waals surface area contributed by atoms with Gasteiger partial charge in [-0.2, -0.15) is 0 Å². The average Bonchev–Trinajstić information content (AvgIpc) is 3.10. The summed E-state index contributed by atoms with van der Waals surface area (Å²) < 4.78 is 39.8. The van der Waals surface area contributed by atoms with E-state index < -0.39 is 11.6 Å². The molecule has 0 bridgehead atoms. The molecule has 136 valence electrons. The molecule has 0 unspecified atom stereocenters. The average molecular weight is 422 g/mol. The highest BCUT2D eigenvalue weighted by Crippen LogP contribution is 2.52. The van der Waals surface area contributed by atoms with Gasteiger partial charge in [-0.05, 0) is 57.6 Å². The van der Waals surface area contributed by atoms with E-state index in [1.165, 1.54) is 6.07 Å². The number of benzene rings is 2. The zero-order valence-electron chi connectivity index (χ0n) is 14.4. The second-order valence-corrected chi connectivity index (χ2v) is 7.42. The third kappa shape index (κ3) is 2.67. The Morgan fingerprint density at radius 1 is 1.12 bits per heavy atom. The smallest absolute Gasteiger partial charge is 0.174 e. The summed E-state index contributed by atoms with van der Waals surface area (Å²) in [7, 11) is 3.16. The van der Waals surface area contributed by atoms with Crippen LogP contribution in [0.15, 0.2) is 40.9 Å². The van der Waals surface area contributed by atoms with Gasteiger partial charge in [-0.3, -0.25) is 0 Å². The van der Waals surface area contributed by atoms with Crippen molar-refractivity contribution in [2.75, 3.05) is 19.5 Å². The SMILES string of the molecule is COc1cc([C@@H]2Nc3c(F)cc(F)cc3[C@H]3C=CC[C@@H]32)cc(Br)c1OC. The van der Waals surface area contributed by atoms with Gasteiger partial charge in [0.05, 0.1) is 30.4 Å². The Bertz CT molecular complexity index is 900. The minimum absolute atomic E-state index is 0.0201. The highest BCUT2D eigenvalue weighted by molar-refractivity contribution is 9.10. The second kappa shape index (κ2) is 6.58. The Labute approximate surface area is 159 Å². The van der Waals surface area contributed by atoms with Gasteiger partial charge in [-0.25, -0.2) is 8.78 Å². The lowest BCUT2D eigenvalue weighted by Crippen LogP contribution is -2.30. The molecule has 0 saturated heterocycles. The molecule has 0 fully saturated rings. The first-order chi connectivity index (χ1) is 12.5. The minimum atomic E-state index is -0.566. The maximum absolute atomic E-state index is 14.4. The van der Waals surface area contributed by atoms with Gasteiger partial charge in [0.25, 0.3) is 0 Å². The predicted molar refractivity (Wildman–Crippen MR) is 100.0 cm³/mol. The Kier molecular flexibility index (Phi) is 4.39. The lowest BCUT2D eigenvalue weighted by molar-refractivity contribution is 0.350. The van der Waals surface area contributed by atoms with Crippen LogP contribution in [0.3, 0.4) is 0 Å². The summed E-state index contributed by atoms with van der Waals surface area (Å²) in [5.74, 6) is 0.257. The van der Waals surface area contributed by atoms with E-state index in [9.17, 15) is 8.78 Å². The van der Waals surface area contributed by atoms with Crippen LogP contribution in [-0.4, -0.2) is 14.2 Å². The van der Waals surface area contributed by atoms with E-state index in [1.807, 2.05) is 18.2 Å². The zero-order chi connectivity index (χ0) is 18.4. The molecule has 1 heterocycles. The number of halogens is 3. The van der Waals surface area contributed by atoms with E-state index in [1.54, 1.807) is 14.2 Å². The van der Waals surface area contributed by atoms with Crippen molar-refractivity contribution in [1.82, 2.24) is 0 Å². The molecule has 2 aliphatic rings. The number of anilines is 1. The van der Waals surface area contributed by atoms with Crippen molar-refractivity contribution in [2.24, 2.45) is 5.92 Å². The molecule has 0 spiro atoms. The molecule has 2 aromatic rings. The molecular formula is C20H18BrF2NO2. The molecule has 1 aliphatic carbocycles. The summed E-state index contributed by atoms with van der Waals surface area (Å²) in [6.45, 7) is 0. The van der Waals surface area contributed by atoms with Crippen molar-refractivity contribution in [3.8, 4) is 11.5 Å². The van der Waals surface area contributed by atoms with Crippen molar-refractivity contribution < 1.29 is 18.3 Å². The van der Waals surface area contributed by atoms with Crippen LogP contribution in [0, 0.1) is 17.6 Å². The number of methoxy groups -OCH3 is 2. The molecule has 2 aromatic carbocycles. The van der Waals surface area contributed by atoms with Crippen LogP contribution in [0.1, 0.15) is 29.5 Å². The zero-order valence-corrected chi connectivity index (χ0v) is 15.9. The van der Waals surface area contributed by atoms with Crippen LogP contribution in [0.2, 0.25) is 0 Å². The fourth-order valence-electron chi connectivity index (χ4n) is 4.07. The maximum Gasteiger partial charge on any atom is 0.174 e. The number of nitrogens with one attached hydrogen (secondary N) is 1. The summed E-state index contributed by atoms with van der Waals surface area (Å²) in [5, 5.41) is 3.30. The van der Waals surface area contributed by atoms with Crippen molar-refractivity contribution in [2.45, 2.75) is 18.4 Å². The van der Waals surface area contributed by atoms with Gasteiger partial charge in [0.2, 0.25) is 0 Å². The molecule has 3 nitrogen and oxygen atoms in total. The van der Waals surface area contributed by atoms with Crippen LogP contribution < -0.4 is 14.8 Å². The first kappa shape index (κ1) is 17.3. The third-order valence-electron chi connectivity index (χ3n) is 5.20. The summed E-state index contributed by atoms with van der Waals surface area (Å²) in [4.78, 5) is 0. The van der Waals surface area contributed by atoms with Gasteiger partial charge in [0.15, 0.2) is 11.5 Å². The molecule has 1 N–H and O–H groups in total. The molecular weight excluding hydrogens is 404 g/mol. The second-order valence-electron chi connectivity index (χ2n) is 6.57. The molecule has 0 amide bonds. The molecule has 0 aromatic heterocycles. The van der Waals surface area contributed by atoms with Crippen LogP contribution in [0.5, 0.6) is 11.5 Å². The third-order valence-corrected chi connectivity index (χ3v) is 5.79. The van der Waals surface area contributed by atoms with Gasteiger partial charge in [0, 0.05) is 12.0 Å². The summed E-state index contributed by atoms with van der Waals surface area (Å²) in [5.41, 5.74) is 2.01. The molecule has 4 rings (SSSR count). The van der Waals surface area contributed by atoms with E-state index >= 15 is 0 Å². The van der Waals surface area contributed by atoms with Crippen LogP contribution in [0.4, 0.5) is 14.5 Å². The van der Waals surface area contributed by atoms with E-state index in [0.29, 0.717) is 22.7 Å². The number of rotatable bonds is 3. The molecule has 6 heteroatoms. The molecule has 26 heavy (non-hydrogen) atoms. The van der Waals surface area contributed by atoms with Crippen LogP contribution in [0.25, 0.3) is 0 Å².